The maximum absolute atomic E-state index is 14.3. The van der Waals surface area contributed by atoms with Crippen molar-refractivity contribution in [2.24, 2.45) is 0 Å². The number of alkyl halides is 2. The van der Waals surface area contributed by atoms with Gasteiger partial charge in [0, 0.05) is 0 Å². The van der Waals surface area contributed by atoms with Gasteiger partial charge in [0.15, 0.2) is 23.6 Å². The van der Waals surface area contributed by atoms with Crippen LogP contribution in [0.5, 0.6) is 0 Å². The summed E-state index contributed by atoms with van der Waals surface area (Å²) in [6.45, 7) is 0. The highest BCUT2D eigenvalue weighted by Gasteiger charge is 2.56. The summed E-state index contributed by atoms with van der Waals surface area (Å²) in [5.74, 6) is -8.32. The normalized spacial score (nSPS) is 15.3. The third-order valence-electron chi connectivity index (χ3n) is 3.29. The van der Waals surface area contributed by atoms with E-state index in [1.165, 1.54) is 18.2 Å². The second kappa shape index (κ2) is 7.14. The van der Waals surface area contributed by atoms with Crippen molar-refractivity contribution in [2.75, 3.05) is 0 Å². The summed E-state index contributed by atoms with van der Waals surface area (Å²) in [6, 6.07) is 6.58. The Morgan fingerprint density at radius 3 is 2.15 bits per heavy atom. The zero-order chi connectivity index (χ0) is 19.7. The summed E-state index contributed by atoms with van der Waals surface area (Å²) < 4.78 is 84.5. The molecule has 0 bridgehead atoms. The highest BCUT2D eigenvalue weighted by molar-refractivity contribution is 7.53. The first-order valence-electron chi connectivity index (χ1n) is 6.80. The largest absolute Gasteiger partial charge is 0.479 e. The molecule has 0 aromatic heterocycles. The molecule has 0 aliphatic carbocycles. The van der Waals surface area contributed by atoms with E-state index in [-0.39, 0.29) is 17.7 Å². The summed E-state index contributed by atoms with van der Waals surface area (Å²) in [7, 11) is -6.20. The van der Waals surface area contributed by atoms with Crippen LogP contribution in [-0.4, -0.2) is 16.0 Å². The predicted octanol–water partition coefficient (Wildman–Crippen LogP) is 4.18. The molecule has 0 saturated carbocycles. The molecule has 11 heteroatoms. The average molecular weight is 396 g/mol. The molecule has 0 heterocycles. The molecule has 0 amide bonds. The number of carboxylic acid groups (broad SMARTS) is 1. The highest BCUT2D eigenvalue weighted by Crippen LogP contribution is 2.65. The number of aliphatic carboxylic acids is 1. The fourth-order valence-corrected chi connectivity index (χ4v) is 3.10. The van der Waals surface area contributed by atoms with Gasteiger partial charge in [-0.3, -0.25) is 9.09 Å². The minimum Gasteiger partial charge on any atom is -0.479 e. The number of hydrogen-bond acceptors (Lipinski definition) is 3. The molecule has 2 aromatic carbocycles. The van der Waals surface area contributed by atoms with E-state index < -0.39 is 48.3 Å². The van der Waals surface area contributed by atoms with Gasteiger partial charge in [-0.1, -0.05) is 30.3 Å². The molecule has 26 heavy (non-hydrogen) atoms. The van der Waals surface area contributed by atoms with Gasteiger partial charge >= 0.3 is 19.2 Å². The molecule has 0 aliphatic rings. The van der Waals surface area contributed by atoms with E-state index in [2.05, 4.69) is 4.52 Å². The van der Waals surface area contributed by atoms with Crippen molar-refractivity contribution >= 4 is 13.6 Å². The van der Waals surface area contributed by atoms with E-state index in [1.807, 2.05) is 0 Å². The van der Waals surface area contributed by atoms with E-state index in [4.69, 9.17) is 5.11 Å². The number of carbonyl (C=O) groups is 1. The number of hydrogen-bond donors (Lipinski definition) is 2. The standard InChI is InChI=1S/C15H10F5O5P/c16-10-7-6-9(11(17)12(10)18)15(19,20)26(23,24)25-13(14(21)22)8-4-2-1-3-5-8/h1-7,13H,(H,21,22)(H,23,24). The summed E-state index contributed by atoms with van der Waals surface area (Å²) in [5.41, 5.74) is -7.23. The van der Waals surface area contributed by atoms with Crippen LogP contribution < -0.4 is 0 Å². The molecule has 0 aliphatic heterocycles. The summed E-state index contributed by atoms with van der Waals surface area (Å²) >= 11 is 0. The van der Waals surface area contributed by atoms with Crippen molar-refractivity contribution in [3.63, 3.8) is 0 Å². The van der Waals surface area contributed by atoms with Crippen LogP contribution in [0.15, 0.2) is 42.5 Å². The first-order valence-corrected chi connectivity index (χ1v) is 8.37. The number of benzene rings is 2. The van der Waals surface area contributed by atoms with E-state index in [1.54, 1.807) is 0 Å². The first kappa shape index (κ1) is 20.0. The Bertz CT molecular complexity index is 874. The van der Waals surface area contributed by atoms with Gasteiger partial charge < -0.3 is 10.00 Å². The van der Waals surface area contributed by atoms with Crippen molar-refractivity contribution in [1.82, 2.24) is 0 Å². The van der Waals surface area contributed by atoms with E-state index in [9.17, 15) is 36.2 Å². The fraction of sp³-hybridized carbons (Fsp3) is 0.133. The lowest BCUT2D eigenvalue weighted by molar-refractivity contribution is -0.146. The van der Waals surface area contributed by atoms with Crippen molar-refractivity contribution < 1.29 is 45.8 Å². The lowest BCUT2D eigenvalue weighted by Crippen LogP contribution is -2.23. The second-order valence-electron chi connectivity index (χ2n) is 5.02. The molecule has 0 spiro atoms. The lowest BCUT2D eigenvalue weighted by Gasteiger charge is -2.25. The first-order chi connectivity index (χ1) is 12.0. The molecule has 140 valence electrons. The van der Waals surface area contributed by atoms with Crippen LogP contribution in [0.3, 0.4) is 0 Å². The van der Waals surface area contributed by atoms with Gasteiger partial charge in [-0.05, 0) is 17.7 Å². The predicted molar refractivity (Wildman–Crippen MR) is 77.9 cm³/mol. The van der Waals surface area contributed by atoms with Crippen LogP contribution in [0.4, 0.5) is 22.0 Å². The second-order valence-corrected chi connectivity index (χ2v) is 6.83. The summed E-state index contributed by atoms with van der Waals surface area (Å²) in [4.78, 5) is 20.8. The van der Waals surface area contributed by atoms with Gasteiger partial charge in [-0.2, -0.15) is 8.78 Å². The van der Waals surface area contributed by atoms with Crippen molar-refractivity contribution in [1.29, 1.82) is 0 Å². The maximum atomic E-state index is 14.3. The van der Waals surface area contributed by atoms with Crippen LogP contribution in [0, 0.1) is 17.5 Å². The van der Waals surface area contributed by atoms with Gasteiger partial charge in [-0.15, -0.1) is 0 Å². The molecule has 2 aromatic rings. The molecule has 0 saturated heterocycles. The maximum Gasteiger partial charge on any atom is 0.403 e. The van der Waals surface area contributed by atoms with E-state index >= 15 is 0 Å². The van der Waals surface area contributed by atoms with Crippen molar-refractivity contribution in [2.45, 2.75) is 11.8 Å². The number of carboxylic acids is 1. The molecular weight excluding hydrogens is 386 g/mol. The molecule has 2 atom stereocenters. The Morgan fingerprint density at radius 1 is 1.04 bits per heavy atom. The number of rotatable bonds is 6. The Balaban J connectivity index is 2.46. The molecule has 2 N–H and O–H groups in total. The topological polar surface area (TPSA) is 83.8 Å². The minimum absolute atomic E-state index is 0.0677. The van der Waals surface area contributed by atoms with Gasteiger partial charge in [0.05, 0.1) is 5.56 Å². The summed E-state index contributed by atoms with van der Waals surface area (Å²) in [5, 5.41) is 9.08. The number of halogens is 5. The van der Waals surface area contributed by atoms with E-state index in [0.29, 0.717) is 0 Å². The molecule has 0 radical (unpaired) electrons. The van der Waals surface area contributed by atoms with Gasteiger partial charge in [0.25, 0.3) is 0 Å². The lowest BCUT2D eigenvalue weighted by atomic mass is 10.1. The fourth-order valence-electron chi connectivity index (χ4n) is 2.00. The quantitative estimate of drug-likeness (QED) is 0.435. The Hall–Kier alpha value is -2.29. The molecule has 0 fully saturated rings. The van der Waals surface area contributed by atoms with Crippen molar-refractivity contribution in [3.05, 3.63) is 71.0 Å². The van der Waals surface area contributed by atoms with Crippen LogP contribution in [0.2, 0.25) is 0 Å². The Kier molecular flexibility index (Phi) is 5.50. The zero-order valence-electron chi connectivity index (χ0n) is 12.6. The monoisotopic (exact) mass is 396 g/mol. The molecule has 2 rings (SSSR count). The smallest absolute Gasteiger partial charge is 0.403 e. The minimum atomic E-state index is -6.20. The van der Waals surface area contributed by atoms with Crippen molar-refractivity contribution in [3.8, 4) is 0 Å². The third kappa shape index (κ3) is 3.62. The molecular formula is C15H10F5O5P. The Labute approximate surface area is 143 Å². The Morgan fingerprint density at radius 2 is 1.62 bits per heavy atom. The van der Waals surface area contributed by atoms with Crippen LogP contribution in [0.25, 0.3) is 0 Å². The van der Waals surface area contributed by atoms with Crippen LogP contribution >= 0.6 is 7.60 Å². The van der Waals surface area contributed by atoms with Crippen LogP contribution in [0.1, 0.15) is 17.2 Å². The average Bonchev–Trinajstić information content (AvgIpc) is 2.57. The molecule has 5 nitrogen and oxygen atoms in total. The van der Waals surface area contributed by atoms with Gasteiger partial charge in [0.2, 0.25) is 0 Å². The zero-order valence-corrected chi connectivity index (χ0v) is 13.5. The SMILES string of the molecule is O=C(O)C(OP(=O)(O)C(F)(F)c1ccc(F)c(F)c1F)c1ccccc1. The van der Waals surface area contributed by atoms with Gasteiger partial charge in [0.1, 0.15) is 0 Å². The third-order valence-corrected chi connectivity index (χ3v) is 4.74. The van der Waals surface area contributed by atoms with E-state index in [0.717, 1.165) is 12.1 Å². The summed E-state index contributed by atoms with van der Waals surface area (Å²) in [6.07, 6.45) is -2.29. The highest BCUT2D eigenvalue weighted by atomic mass is 31.2. The van der Waals surface area contributed by atoms with Crippen LogP contribution in [-0.2, 0) is 19.5 Å². The van der Waals surface area contributed by atoms with Gasteiger partial charge in [-0.25, -0.2) is 18.0 Å². The molecule has 2 unspecified atom stereocenters.